The second-order valence-corrected chi connectivity index (χ2v) is 7.41. The van der Waals surface area contributed by atoms with Gasteiger partial charge in [0, 0.05) is 28.6 Å². The fourth-order valence-corrected chi connectivity index (χ4v) is 4.32. The Morgan fingerprint density at radius 1 is 1.29 bits per heavy atom. The van der Waals surface area contributed by atoms with E-state index < -0.39 is 0 Å². The van der Waals surface area contributed by atoms with E-state index in [1.165, 1.54) is 31.2 Å². The number of nitrogens with one attached hydrogen (secondary N) is 1. The van der Waals surface area contributed by atoms with E-state index in [9.17, 15) is 0 Å². The summed E-state index contributed by atoms with van der Waals surface area (Å²) in [6.07, 6.45) is 6.86. The quantitative estimate of drug-likeness (QED) is 0.791. The monoisotopic (exact) mass is 351 g/mol. The molecule has 2 nitrogen and oxygen atoms in total. The van der Waals surface area contributed by atoms with E-state index >= 15 is 0 Å². The summed E-state index contributed by atoms with van der Waals surface area (Å²) >= 11 is 3.52. The Kier molecular flexibility index (Phi) is 4.72. The number of ether oxygens (including phenoxy) is 1. The SMILES string of the molecule is CCOC1CC(NC(CC)c2ccc(Br)cc2)C12CCC2. The Morgan fingerprint density at radius 3 is 2.52 bits per heavy atom. The van der Waals surface area contributed by atoms with Gasteiger partial charge in [-0.25, -0.2) is 0 Å². The molecule has 21 heavy (non-hydrogen) atoms. The van der Waals surface area contributed by atoms with Gasteiger partial charge in [-0.3, -0.25) is 0 Å². The smallest absolute Gasteiger partial charge is 0.0661 e. The summed E-state index contributed by atoms with van der Waals surface area (Å²) in [4.78, 5) is 0. The fraction of sp³-hybridized carbons (Fsp3) is 0.667. The van der Waals surface area contributed by atoms with Gasteiger partial charge in [0.1, 0.15) is 0 Å². The van der Waals surface area contributed by atoms with Gasteiger partial charge in [0.15, 0.2) is 0 Å². The number of hydrogen-bond acceptors (Lipinski definition) is 2. The van der Waals surface area contributed by atoms with Crippen molar-refractivity contribution in [3.05, 3.63) is 34.3 Å². The van der Waals surface area contributed by atoms with Crippen LogP contribution in [0.2, 0.25) is 0 Å². The van der Waals surface area contributed by atoms with E-state index in [4.69, 9.17) is 4.74 Å². The highest BCUT2D eigenvalue weighted by Gasteiger charge is 2.58. The van der Waals surface area contributed by atoms with Crippen molar-refractivity contribution >= 4 is 15.9 Å². The predicted molar refractivity (Wildman–Crippen MR) is 90.4 cm³/mol. The summed E-state index contributed by atoms with van der Waals surface area (Å²) in [5, 5.41) is 3.92. The van der Waals surface area contributed by atoms with Crippen molar-refractivity contribution in [3.8, 4) is 0 Å². The van der Waals surface area contributed by atoms with Crippen LogP contribution in [0.5, 0.6) is 0 Å². The van der Waals surface area contributed by atoms with Gasteiger partial charge in [0.25, 0.3) is 0 Å². The van der Waals surface area contributed by atoms with Crippen LogP contribution in [0.4, 0.5) is 0 Å². The number of hydrogen-bond donors (Lipinski definition) is 1. The van der Waals surface area contributed by atoms with Crippen LogP contribution in [-0.4, -0.2) is 18.8 Å². The van der Waals surface area contributed by atoms with Crippen molar-refractivity contribution < 1.29 is 4.74 Å². The minimum Gasteiger partial charge on any atom is -0.378 e. The first-order valence-electron chi connectivity index (χ1n) is 8.32. The van der Waals surface area contributed by atoms with Crippen LogP contribution in [0.3, 0.4) is 0 Å². The first-order valence-corrected chi connectivity index (χ1v) is 9.12. The molecule has 3 atom stereocenters. The molecule has 0 saturated heterocycles. The third-order valence-electron chi connectivity index (χ3n) is 5.52. The lowest BCUT2D eigenvalue weighted by Crippen LogP contribution is -2.67. The van der Waals surface area contributed by atoms with Crippen LogP contribution in [0.15, 0.2) is 28.7 Å². The van der Waals surface area contributed by atoms with Gasteiger partial charge in [-0.2, -0.15) is 0 Å². The molecule has 2 aliphatic rings. The van der Waals surface area contributed by atoms with Crippen molar-refractivity contribution in [2.45, 2.75) is 64.1 Å². The molecule has 2 saturated carbocycles. The van der Waals surface area contributed by atoms with E-state index in [0.29, 0.717) is 23.6 Å². The molecule has 116 valence electrons. The van der Waals surface area contributed by atoms with Gasteiger partial charge in [0.2, 0.25) is 0 Å². The van der Waals surface area contributed by atoms with Crippen LogP contribution in [0.25, 0.3) is 0 Å². The second kappa shape index (κ2) is 6.39. The number of benzene rings is 1. The van der Waals surface area contributed by atoms with E-state index in [1.807, 2.05) is 0 Å². The molecule has 3 unspecified atom stereocenters. The van der Waals surface area contributed by atoms with Gasteiger partial charge in [-0.1, -0.05) is 41.4 Å². The molecule has 0 amide bonds. The minimum atomic E-state index is 0.443. The van der Waals surface area contributed by atoms with E-state index in [1.54, 1.807) is 0 Å². The first-order chi connectivity index (χ1) is 10.2. The Balaban J connectivity index is 1.66. The predicted octanol–water partition coefficient (Wildman–Crippen LogP) is 4.84. The molecule has 0 radical (unpaired) electrons. The summed E-state index contributed by atoms with van der Waals surface area (Å²) in [5.74, 6) is 0. The minimum absolute atomic E-state index is 0.443. The zero-order valence-corrected chi connectivity index (χ0v) is 14.7. The maximum atomic E-state index is 5.96. The van der Waals surface area contributed by atoms with E-state index in [-0.39, 0.29) is 0 Å². The zero-order chi connectivity index (χ0) is 14.9. The molecular weight excluding hydrogens is 326 g/mol. The summed E-state index contributed by atoms with van der Waals surface area (Å²) < 4.78 is 7.11. The van der Waals surface area contributed by atoms with Crippen LogP contribution in [-0.2, 0) is 4.74 Å². The maximum absolute atomic E-state index is 5.96. The van der Waals surface area contributed by atoms with E-state index in [0.717, 1.165) is 17.5 Å². The van der Waals surface area contributed by atoms with Crippen LogP contribution >= 0.6 is 15.9 Å². The second-order valence-electron chi connectivity index (χ2n) is 6.50. The molecule has 0 heterocycles. The molecule has 3 heteroatoms. The van der Waals surface area contributed by atoms with Crippen LogP contribution in [0, 0.1) is 5.41 Å². The van der Waals surface area contributed by atoms with E-state index in [2.05, 4.69) is 59.4 Å². The van der Waals surface area contributed by atoms with Gasteiger partial charge in [-0.15, -0.1) is 0 Å². The Bertz CT molecular complexity index is 469. The summed E-state index contributed by atoms with van der Waals surface area (Å²) in [7, 11) is 0. The molecule has 0 bridgehead atoms. The molecule has 0 aliphatic heterocycles. The number of rotatable bonds is 6. The normalized spacial score (nSPS) is 28.0. The molecule has 3 rings (SSSR count). The standard InChI is InChI=1S/C18H26BrNO/c1-3-15(13-6-8-14(19)9-7-13)20-16-12-17(21-4-2)18(16)10-5-11-18/h6-9,15-17,20H,3-5,10-12H2,1-2H3. The van der Waals surface area contributed by atoms with Crippen molar-refractivity contribution in [2.75, 3.05) is 6.61 Å². The highest BCUT2D eigenvalue weighted by molar-refractivity contribution is 9.10. The lowest BCUT2D eigenvalue weighted by Gasteiger charge is -2.62. The molecule has 1 aromatic rings. The Hall–Kier alpha value is -0.380. The van der Waals surface area contributed by atoms with Crippen molar-refractivity contribution in [2.24, 2.45) is 5.41 Å². The molecule has 2 fully saturated rings. The molecule has 2 aliphatic carbocycles. The zero-order valence-electron chi connectivity index (χ0n) is 13.1. The summed E-state index contributed by atoms with van der Waals surface area (Å²) in [6, 6.07) is 9.85. The Labute approximate surface area is 136 Å². The van der Waals surface area contributed by atoms with Gasteiger partial charge in [0.05, 0.1) is 6.10 Å². The number of halogens is 1. The molecule has 1 N–H and O–H groups in total. The maximum Gasteiger partial charge on any atom is 0.0661 e. The van der Waals surface area contributed by atoms with Gasteiger partial charge < -0.3 is 10.1 Å². The topological polar surface area (TPSA) is 21.3 Å². The Morgan fingerprint density at radius 2 is 2.00 bits per heavy atom. The van der Waals surface area contributed by atoms with Crippen LogP contribution < -0.4 is 5.32 Å². The first kappa shape index (κ1) is 15.5. The third kappa shape index (κ3) is 2.80. The largest absolute Gasteiger partial charge is 0.378 e. The lowest BCUT2D eigenvalue weighted by atomic mass is 9.51. The van der Waals surface area contributed by atoms with Gasteiger partial charge in [-0.05, 0) is 50.3 Å². The highest BCUT2D eigenvalue weighted by atomic mass is 79.9. The average molecular weight is 352 g/mol. The lowest BCUT2D eigenvalue weighted by molar-refractivity contribution is -0.175. The molecule has 1 spiro atoms. The summed E-state index contributed by atoms with van der Waals surface area (Å²) in [6.45, 7) is 5.23. The fourth-order valence-electron chi connectivity index (χ4n) is 4.06. The third-order valence-corrected chi connectivity index (χ3v) is 6.05. The van der Waals surface area contributed by atoms with Crippen LogP contribution in [0.1, 0.15) is 57.6 Å². The van der Waals surface area contributed by atoms with Crippen molar-refractivity contribution in [1.29, 1.82) is 0 Å². The van der Waals surface area contributed by atoms with Gasteiger partial charge >= 0.3 is 0 Å². The summed E-state index contributed by atoms with van der Waals surface area (Å²) in [5.41, 5.74) is 1.84. The molecule has 1 aromatic carbocycles. The van der Waals surface area contributed by atoms with Crippen molar-refractivity contribution in [3.63, 3.8) is 0 Å². The molecular formula is C18H26BrNO. The molecule has 0 aromatic heterocycles. The highest BCUT2D eigenvalue weighted by Crippen LogP contribution is 2.57. The average Bonchev–Trinajstić information content (AvgIpc) is 2.41. The van der Waals surface area contributed by atoms with Crippen molar-refractivity contribution in [1.82, 2.24) is 5.32 Å².